The molecule has 1 N–H and O–H groups in total. The highest BCUT2D eigenvalue weighted by Gasteiger charge is 2.15. The number of rotatable bonds is 2. The molecule has 0 unspecified atom stereocenters. The minimum Gasteiger partial charge on any atom is -0.298 e. The minimum absolute atomic E-state index is 0.318. The fourth-order valence-electron chi connectivity index (χ4n) is 2.15. The van der Waals surface area contributed by atoms with E-state index in [0.717, 1.165) is 21.3 Å². The van der Waals surface area contributed by atoms with Crippen LogP contribution in [0, 0.1) is 13.8 Å². The predicted octanol–water partition coefficient (Wildman–Crippen LogP) is 5.47. The van der Waals surface area contributed by atoms with Crippen LogP contribution in [0.4, 0.5) is 5.13 Å². The summed E-state index contributed by atoms with van der Waals surface area (Å²) >= 11 is 13.4. The molecule has 0 aliphatic heterocycles. The molecule has 0 fully saturated rings. The van der Waals surface area contributed by atoms with Gasteiger partial charge in [0.05, 0.1) is 20.8 Å². The van der Waals surface area contributed by atoms with Gasteiger partial charge in [-0.2, -0.15) is 0 Å². The third-order valence-corrected chi connectivity index (χ3v) is 5.01. The van der Waals surface area contributed by atoms with Gasteiger partial charge in [0.1, 0.15) is 0 Å². The van der Waals surface area contributed by atoms with Crippen LogP contribution < -0.4 is 5.32 Å². The smallest absolute Gasteiger partial charge is 0.259 e. The molecular weight excluding hydrogens is 339 g/mol. The van der Waals surface area contributed by atoms with E-state index in [1.807, 2.05) is 19.9 Å². The van der Waals surface area contributed by atoms with Crippen LogP contribution >= 0.6 is 34.5 Å². The summed E-state index contributed by atoms with van der Waals surface area (Å²) in [5.41, 5.74) is 3.47. The van der Waals surface area contributed by atoms with Gasteiger partial charge in [-0.05, 0) is 43.2 Å². The van der Waals surface area contributed by atoms with Crippen LogP contribution in [0.3, 0.4) is 0 Å². The van der Waals surface area contributed by atoms with Crippen molar-refractivity contribution < 1.29 is 4.79 Å². The van der Waals surface area contributed by atoms with Gasteiger partial charge in [0.15, 0.2) is 5.13 Å². The van der Waals surface area contributed by atoms with E-state index >= 15 is 0 Å². The van der Waals surface area contributed by atoms with Gasteiger partial charge in [0, 0.05) is 5.02 Å². The Morgan fingerprint density at radius 3 is 2.59 bits per heavy atom. The molecule has 0 atom stereocenters. The molecule has 3 nitrogen and oxygen atoms in total. The van der Waals surface area contributed by atoms with Crippen LogP contribution in [0.2, 0.25) is 10.0 Å². The second kappa shape index (κ2) is 5.88. The normalized spacial score (nSPS) is 10.9. The zero-order valence-electron chi connectivity index (χ0n) is 11.9. The lowest BCUT2D eigenvalue weighted by molar-refractivity contribution is 0.102. The zero-order valence-corrected chi connectivity index (χ0v) is 14.2. The van der Waals surface area contributed by atoms with Crippen molar-refractivity contribution in [2.75, 3.05) is 5.32 Å². The van der Waals surface area contributed by atoms with Crippen LogP contribution in [-0.4, -0.2) is 10.9 Å². The SMILES string of the molecule is Cc1ccc(C)c2sc(NC(=O)c3cc(Cl)ccc3Cl)nc12. The van der Waals surface area contributed by atoms with Crippen molar-refractivity contribution in [2.45, 2.75) is 13.8 Å². The molecule has 22 heavy (non-hydrogen) atoms. The summed E-state index contributed by atoms with van der Waals surface area (Å²) < 4.78 is 1.08. The average molecular weight is 351 g/mol. The lowest BCUT2D eigenvalue weighted by Crippen LogP contribution is -2.12. The van der Waals surface area contributed by atoms with Crippen molar-refractivity contribution in [3.63, 3.8) is 0 Å². The van der Waals surface area contributed by atoms with Crippen molar-refractivity contribution in [3.05, 3.63) is 57.1 Å². The van der Waals surface area contributed by atoms with Crippen LogP contribution in [0.15, 0.2) is 30.3 Å². The van der Waals surface area contributed by atoms with Gasteiger partial charge >= 0.3 is 0 Å². The molecule has 112 valence electrons. The third kappa shape index (κ3) is 2.82. The number of halogens is 2. The molecule has 0 radical (unpaired) electrons. The first-order valence-corrected chi connectivity index (χ1v) is 8.16. The van der Waals surface area contributed by atoms with Crippen LogP contribution in [0.25, 0.3) is 10.2 Å². The van der Waals surface area contributed by atoms with Crippen LogP contribution in [-0.2, 0) is 0 Å². The quantitative estimate of drug-likeness (QED) is 0.665. The number of fused-ring (bicyclic) bond motifs is 1. The summed E-state index contributed by atoms with van der Waals surface area (Å²) in [5, 5.41) is 4.17. The van der Waals surface area contributed by atoms with Gasteiger partial charge in [-0.15, -0.1) is 0 Å². The van der Waals surface area contributed by atoms with E-state index in [0.29, 0.717) is 20.7 Å². The Morgan fingerprint density at radius 2 is 1.86 bits per heavy atom. The van der Waals surface area contributed by atoms with Crippen molar-refractivity contribution >= 4 is 55.8 Å². The molecule has 1 amide bonds. The average Bonchev–Trinajstić information content (AvgIpc) is 2.90. The van der Waals surface area contributed by atoms with Gasteiger partial charge in [-0.3, -0.25) is 10.1 Å². The number of hydrogen-bond acceptors (Lipinski definition) is 3. The Balaban J connectivity index is 1.96. The predicted molar refractivity (Wildman–Crippen MR) is 93.5 cm³/mol. The van der Waals surface area contributed by atoms with E-state index in [1.165, 1.54) is 11.3 Å². The van der Waals surface area contributed by atoms with Gasteiger partial charge < -0.3 is 0 Å². The highest BCUT2D eigenvalue weighted by atomic mass is 35.5. The van der Waals surface area contributed by atoms with E-state index in [2.05, 4.69) is 16.4 Å². The molecule has 0 aliphatic rings. The summed E-state index contributed by atoms with van der Waals surface area (Å²) in [7, 11) is 0. The number of hydrogen-bond donors (Lipinski definition) is 1. The monoisotopic (exact) mass is 350 g/mol. The fraction of sp³-hybridized carbons (Fsp3) is 0.125. The van der Waals surface area contributed by atoms with Gasteiger partial charge in [0.2, 0.25) is 0 Å². The second-order valence-electron chi connectivity index (χ2n) is 4.97. The van der Waals surface area contributed by atoms with Crippen molar-refractivity contribution in [2.24, 2.45) is 0 Å². The standard InChI is InChI=1S/C16H12Cl2N2OS/c1-8-3-4-9(2)14-13(8)19-16(22-14)20-15(21)11-7-10(17)5-6-12(11)18/h3-7H,1-2H3,(H,19,20,21). The van der Waals surface area contributed by atoms with E-state index in [1.54, 1.807) is 18.2 Å². The largest absolute Gasteiger partial charge is 0.298 e. The molecule has 3 rings (SSSR count). The number of nitrogens with one attached hydrogen (secondary N) is 1. The second-order valence-corrected chi connectivity index (χ2v) is 6.82. The molecule has 1 heterocycles. The van der Waals surface area contributed by atoms with Gasteiger partial charge in [-0.1, -0.05) is 46.7 Å². The van der Waals surface area contributed by atoms with Gasteiger partial charge in [-0.25, -0.2) is 4.98 Å². The maximum absolute atomic E-state index is 12.3. The molecule has 1 aromatic heterocycles. The highest BCUT2D eigenvalue weighted by Crippen LogP contribution is 2.31. The fourth-order valence-corrected chi connectivity index (χ4v) is 3.53. The Bertz CT molecular complexity index is 850. The Hall–Kier alpha value is -1.62. The van der Waals surface area contributed by atoms with E-state index < -0.39 is 0 Å². The summed E-state index contributed by atoms with van der Waals surface area (Å²) in [4.78, 5) is 16.8. The van der Waals surface area contributed by atoms with E-state index in [4.69, 9.17) is 23.2 Å². The first kappa shape index (κ1) is 15.3. The lowest BCUT2D eigenvalue weighted by atomic mass is 10.1. The number of carbonyl (C=O) groups excluding carboxylic acids is 1. The van der Waals surface area contributed by atoms with Crippen LogP contribution in [0.1, 0.15) is 21.5 Å². The number of anilines is 1. The Labute approximate surface area is 141 Å². The number of nitrogens with zero attached hydrogens (tertiary/aromatic N) is 1. The zero-order chi connectivity index (χ0) is 15.9. The first-order chi connectivity index (χ1) is 10.5. The molecule has 0 saturated carbocycles. The Morgan fingerprint density at radius 1 is 1.14 bits per heavy atom. The van der Waals surface area contributed by atoms with E-state index in [9.17, 15) is 4.79 Å². The van der Waals surface area contributed by atoms with E-state index in [-0.39, 0.29) is 5.91 Å². The molecule has 0 aliphatic carbocycles. The van der Waals surface area contributed by atoms with Crippen molar-refractivity contribution in [3.8, 4) is 0 Å². The number of amides is 1. The molecule has 0 spiro atoms. The highest BCUT2D eigenvalue weighted by molar-refractivity contribution is 7.22. The molecule has 0 saturated heterocycles. The topological polar surface area (TPSA) is 42.0 Å². The third-order valence-electron chi connectivity index (χ3n) is 3.34. The number of aryl methyl sites for hydroxylation is 2. The number of aromatic nitrogens is 1. The van der Waals surface area contributed by atoms with Gasteiger partial charge in [0.25, 0.3) is 5.91 Å². The summed E-state index contributed by atoms with van der Waals surface area (Å²) in [5.74, 6) is -0.318. The maximum atomic E-state index is 12.3. The lowest BCUT2D eigenvalue weighted by Gasteiger charge is -2.04. The summed E-state index contributed by atoms with van der Waals surface area (Å²) in [6.07, 6.45) is 0. The number of carbonyl (C=O) groups is 1. The summed E-state index contributed by atoms with van der Waals surface area (Å²) in [6, 6.07) is 8.87. The molecule has 6 heteroatoms. The minimum atomic E-state index is -0.318. The van der Waals surface area contributed by atoms with Crippen molar-refractivity contribution in [1.29, 1.82) is 0 Å². The van der Waals surface area contributed by atoms with Crippen LogP contribution in [0.5, 0.6) is 0 Å². The molecule has 2 aromatic carbocycles. The molecule has 0 bridgehead atoms. The Kier molecular flexibility index (Phi) is 4.08. The molecule has 3 aromatic rings. The molecular formula is C16H12Cl2N2OS. The number of benzene rings is 2. The first-order valence-electron chi connectivity index (χ1n) is 6.59. The summed E-state index contributed by atoms with van der Waals surface area (Å²) in [6.45, 7) is 4.03. The van der Waals surface area contributed by atoms with Crippen molar-refractivity contribution in [1.82, 2.24) is 4.98 Å². The number of thiazole rings is 1. The maximum Gasteiger partial charge on any atom is 0.259 e.